The van der Waals surface area contributed by atoms with Crippen molar-refractivity contribution in [3.63, 3.8) is 0 Å². The Morgan fingerprint density at radius 1 is 1.00 bits per heavy atom. The van der Waals surface area contributed by atoms with Gasteiger partial charge in [-0.15, -0.1) is 0 Å². The van der Waals surface area contributed by atoms with Gasteiger partial charge in [-0.05, 0) is 19.3 Å². The Hall–Kier alpha value is -0.780. The largest absolute Gasteiger partial charge is 0.0885 e. The van der Waals surface area contributed by atoms with E-state index in [1.165, 1.54) is 0 Å². The molecule has 0 saturated carbocycles. The molecular formula is C10H15. The fourth-order valence-corrected chi connectivity index (χ4v) is 0.612. The summed E-state index contributed by atoms with van der Waals surface area (Å²) >= 11 is 0. The zero-order valence-corrected chi connectivity index (χ0v) is 6.59. The van der Waals surface area contributed by atoms with Crippen LogP contribution in [0.2, 0.25) is 0 Å². The zero-order chi connectivity index (χ0) is 7.66. The maximum absolute atomic E-state index is 5.18. The molecule has 0 spiro atoms. The smallest absolute Gasteiger partial charge is 0.0166 e. The summed E-state index contributed by atoms with van der Waals surface area (Å²) in [5.74, 6) is 0. The third-order valence-corrected chi connectivity index (χ3v) is 1.11. The van der Waals surface area contributed by atoms with Gasteiger partial charge in [-0.1, -0.05) is 43.9 Å². The first kappa shape index (κ1) is 9.22. The van der Waals surface area contributed by atoms with E-state index in [2.05, 4.69) is 31.2 Å². The fourth-order valence-electron chi connectivity index (χ4n) is 0.612. The minimum atomic E-state index is 0.875. The average molecular weight is 135 g/mol. The molecule has 0 rings (SSSR count). The Bertz CT molecular complexity index is 118. The van der Waals surface area contributed by atoms with Gasteiger partial charge in [0.1, 0.15) is 0 Å². The Morgan fingerprint density at radius 3 is 2.20 bits per heavy atom. The lowest BCUT2D eigenvalue weighted by Crippen LogP contribution is -1.59. The van der Waals surface area contributed by atoms with E-state index in [-0.39, 0.29) is 0 Å². The topological polar surface area (TPSA) is 0 Å². The van der Waals surface area contributed by atoms with E-state index in [9.17, 15) is 0 Å². The summed E-state index contributed by atoms with van der Waals surface area (Å²) in [5.41, 5.74) is 0. The molecule has 0 unspecified atom stereocenters. The molecule has 55 valence electrons. The van der Waals surface area contributed by atoms with E-state index in [0.29, 0.717) is 0 Å². The van der Waals surface area contributed by atoms with E-state index >= 15 is 0 Å². The van der Waals surface area contributed by atoms with Crippen molar-refractivity contribution in [3.05, 3.63) is 37.0 Å². The third-order valence-electron chi connectivity index (χ3n) is 1.11. The Labute approximate surface area is 64.0 Å². The van der Waals surface area contributed by atoms with Crippen molar-refractivity contribution in [2.24, 2.45) is 0 Å². The van der Waals surface area contributed by atoms with Crippen LogP contribution in [0.3, 0.4) is 0 Å². The molecule has 10 heavy (non-hydrogen) atoms. The Kier molecular flexibility index (Phi) is 7.58. The number of allylic oxidation sites excluding steroid dienone is 5. The molecule has 0 heteroatoms. The van der Waals surface area contributed by atoms with Crippen LogP contribution in [0.15, 0.2) is 30.4 Å². The van der Waals surface area contributed by atoms with Crippen LogP contribution < -0.4 is 0 Å². The molecule has 0 saturated heterocycles. The number of hydrogen-bond donors (Lipinski definition) is 0. The molecule has 0 aromatic rings. The molecule has 0 N–H and O–H groups in total. The molecule has 0 aliphatic heterocycles. The molecule has 0 aliphatic rings. The van der Waals surface area contributed by atoms with Crippen LogP contribution in [0.5, 0.6) is 0 Å². The molecule has 0 aromatic carbocycles. The van der Waals surface area contributed by atoms with Crippen molar-refractivity contribution in [2.45, 2.75) is 26.2 Å². The summed E-state index contributed by atoms with van der Waals surface area (Å²) in [4.78, 5) is 0. The van der Waals surface area contributed by atoms with Gasteiger partial charge in [0.15, 0.2) is 0 Å². The van der Waals surface area contributed by atoms with Crippen molar-refractivity contribution < 1.29 is 0 Å². The van der Waals surface area contributed by atoms with Crippen molar-refractivity contribution in [1.29, 1.82) is 0 Å². The van der Waals surface area contributed by atoms with Gasteiger partial charge in [-0.25, -0.2) is 0 Å². The quantitative estimate of drug-likeness (QED) is 0.507. The maximum Gasteiger partial charge on any atom is -0.0166 e. The first-order chi connectivity index (χ1) is 4.91. The molecule has 0 atom stereocenters. The molecular weight excluding hydrogens is 120 g/mol. The average Bonchev–Trinajstić information content (AvgIpc) is 1.97. The molecule has 0 aromatic heterocycles. The first-order valence-electron chi connectivity index (χ1n) is 3.75. The van der Waals surface area contributed by atoms with Crippen LogP contribution in [0.1, 0.15) is 26.2 Å². The molecule has 0 nitrogen and oxygen atoms in total. The summed E-state index contributed by atoms with van der Waals surface area (Å²) in [5, 5.41) is 0. The van der Waals surface area contributed by atoms with Crippen LogP contribution in [-0.2, 0) is 0 Å². The number of rotatable bonds is 5. The summed E-state index contributed by atoms with van der Waals surface area (Å²) in [6.07, 6.45) is 13.2. The minimum Gasteiger partial charge on any atom is -0.0885 e. The molecule has 0 heterocycles. The van der Waals surface area contributed by atoms with Crippen molar-refractivity contribution in [2.75, 3.05) is 0 Å². The summed E-state index contributed by atoms with van der Waals surface area (Å²) in [7, 11) is 0. The van der Waals surface area contributed by atoms with E-state index in [1.54, 1.807) is 6.08 Å². The van der Waals surface area contributed by atoms with Crippen molar-refractivity contribution in [3.8, 4) is 0 Å². The lowest BCUT2D eigenvalue weighted by Gasteiger charge is -1.80. The maximum atomic E-state index is 5.18. The molecule has 0 amide bonds. The normalized spacial score (nSPS) is 11.3. The van der Waals surface area contributed by atoms with Gasteiger partial charge in [0, 0.05) is 0 Å². The summed E-state index contributed by atoms with van der Waals surface area (Å²) < 4.78 is 0. The SMILES string of the molecule is [CH]=CCC=CCC=CCC. The predicted octanol–water partition coefficient (Wildman–Crippen LogP) is 3.28. The van der Waals surface area contributed by atoms with Crippen LogP contribution in [0.4, 0.5) is 0 Å². The van der Waals surface area contributed by atoms with Crippen LogP contribution in [-0.4, -0.2) is 0 Å². The highest BCUT2D eigenvalue weighted by Crippen LogP contribution is 1.90. The van der Waals surface area contributed by atoms with Gasteiger partial charge in [-0.2, -0.15) is 0 Å². The fraction of sp³-hybridized carbons (Fsp3) is 0.400. The van der Waals surface area contributed by atoms with Gasteiger partial charge < -0.3 is 0 Å². The summed E-state index contributed by atoms with van der Waals surface area (Å²) in [6, 6.07) is 0. The summed E-state index contributed by atoms with van der Waals surface area (Å²) in [6.45, 7) is 7.31. The van der Waals surface area contributed by atoms with E-state index in [1.807, 2.05) is 0 Å². The molecule has 1 radical (unpaired) electrons. The second-order valence-electron chi connectivity index (χ2n) is 2.06. The first-order valence-corrected chi connectivity index (χ1v) is 3.75. The molecule has 0 aliphatic carbocycles. The van der Waals surface area contributed by atoms with Crippen LogP contribution >= 0.6 is 0 Å². The van der Waals surface area contributed by atoms with E-state index in [0.717, 1.165) is 19.3 Å². The van der Waals surface area contributed by atoms with Gasteiger partial charge in [0.25, 0.3) is 0 Å². The monoisotopic (exact) mass is 135 g/mol. The lowest BCUT2D eigenvalue weighted by molar-refractivity contribution is 1.19. The van der Waals surface area contributed by atoms with E-state index in [4.69, 9.17) is 6.58 Å². The van der Waals surface area contributed by atoms with Crippen molar-refractivity contribution in [1.82, 2.24) is 0 Å². The highest BCUT2D eigenvalue weighted by molar-refractivity contribution is 4.94. The van der Waals surface area contributed by atoms with Crippen molar-refractivity contribution >= 4 is 0 Å². The van der Waals surface area contributed by atoms with Gasteiger partial charge >= 0.3 is 0 Å². The van der Waals surface area contributed by atoms with Gasteiger partial charge in [-0.3, -0.25) is 0 Å². The van der Waals surface area contributed by atoms with Crippen LogP contribution in [0.25, 0.3) is 0 Å². The Balaban J connectivity index is 3.17. The highest BCUT2D eigenvalue weighted by atomic mass is 13.8. The third kappa shape index (κ3) is 7.22. The lowest BCUT2D eigenvalue weighted by atomic mass is 10.3. The Morgan fingerprint density at radius 2 is 1.60 bits per heavy atom. The van der Waals surface area contributed by atoms with Gasteiger partial charge in [0.2, 0.25) is 0 Å². The highest BCUT2D eigenvalue weighted by Gasteiger charge is 1.69. The van der Waals surface area contributed by atoms with E-state index < -0.39 is 0 Å². The number of hydrogen-bond acceptors (Lipinski definition) is 0. The van der Waals surface area contributed by atoms with Crippen LogP contribution in [0, 0.1) is 6.58 Å². The minimum absolute atomic E-state index is 0.875. The molecule has 0 bridgehead atoms. The van der Waals surface area contributed by atoms with Gasteiger partial charge in [0.05, 0.1) is 0 Å². The standard InChI is InChI=1S/C10H15/c1-3-5-7-9-10-8-6-4-2/h1,3,6-9H,4-5,10H2,2H3. The predicted molar refractivity (Wildman–Crippen MR) is 46.7 cm³/mol. The zero-order valence-electron chi connectivity index (χ0n) is 6.59. The molecule has 0 fully saturated rings. The second kappa shape index (κ2) is 8.22. The second-order valence-corrected chi connectivity index (χ2v) is 2.06.